The van der Waals surface area contributed by atoms with Crippen molar-refractivity contribution in [1.82, 2.24) is 10.2 Å². The Labute approximate surface area is 187 Å². The van der Waals surface area contributed by atoms with Crippen LogP contribution in [-0.4, -0.2) is 46.9 Å². The molecule has 0 spiro atoms. The molecular weight excluding hydrogens is 388 g/mol. The summed E-state index contributed by atoms with van der Waals surface area (Å²) in [5.41, 5.74) is 1.44. The Morgan fingerprint density at radius 3 is 2.03 bits per heavy atom. The predicted octanol–water partition coefficient (Wildman–Crippen LogP) is 4.64. The fraction of sp³-hybridized carbons (Fsp3) is 0.500. The van der Waals surface area contributed by atoms with Gasteiger partial charge in [-0.3, -0.25) is 4.90 Å². The number of hydrogen-bond donors (Lipinski definition) is 2. The second-order valence-corrected chi connectivity index (χ2v) is 9.47. The maximum absolute atomic E-state index is 13.3. The fourth-order valence-electron chi connectivity index (χ4n) is 3.38. The number of amides is 1. The summed E-state index contributed by atoms with van der Waals surface area (Å²) >= 11 is 0. The molecule has 170 valence electrons. The van der Waals surface area contributed by atoms with Gasteiger partial charge in [0.25, 0.3) is 0 Å². The molecule has 31 heavy (non-hydrogen) atoms. The lowest BCUT2D eigenvalue weighted by atomic mass is 9.98. The molecule has 0 unspecified atom stereocenters. The Morgan fingerprint density at radius 1 is 0.968 bits per heavy atom. The van der Waals surface area contributed by atoms with Crippen molar-refractivity contribution < 1.29 is 14.6 Å². The molecule has 2 aromatic carbocycles. The first-order valence-electron chi connectivity index (χ1n) is 11.1. The Hall–Kier alpha value is -2.37. The van der Waals surface area contributed by atoms with Crippen LogP contribution < -0.4 is 5.32 Å². The van der Waals surface area contributed by atoms with Crippen molar-refractivity contribution in [1.29, 1.82) is 0 Å². The minimum atomic E-state index is -0.741. The highest BCUT2D eigenvalue weighted by Gasteiger charge is 2.33. The third kappa shape index (κ3) is 9.11. The Kier molecular flexibility index (Phi) is 9.53. The molecule has 0 aromatic heterocycles. The van der Waals surface area contributed by atoms with E-state index in [4.69, 9.17) is 4.74 Å². The highest BCUT2D eigenvalue weighted by Crippen LogP contribution is 2.20. The summed E-state index contributed by atoms with van der Waals surface area (Å²) in [5, 5.41) is 14.5. The van der Waals surface area contributed by atoms with Crippen LogP contribution in [0, 0.1) is 5.92 Å². The molecule has 2 atom stereocenters. The van der Waals surface area contributed by atoms with E-state index in [1.165, 1.54) is 0 Å². The van der Waals surface area contributed by atoms with Crippen molar-refractivity contribution in [3.05, 3.63) is 71.8 Å². The largest absolute Gasteiger partial charge is 0.444 e. The molecule has 2 rings (SSSR count). The quantitative estimate of drug-likeness (QED) is 0.581. The molecular formula is C26H38N2O3. The van der Waals surface area contributed by atoms with Crippen LogP contribution in [0.4, 0.5) is 4.79 Å². The van der Waals surface area contributed by atoms with E-state index in [2.05, 4.69) is 19.2 Å². The molecule has 0 bridgehead atoms. The number of ether oxygens (including phenoxy) is 1. The van der Waals surface area contributed by atoms with E-state index < -0.39 is 23.8 Å². The molecule has 2 aromatic rings. The van der Waals surface area contributed by atoms with Gasteiger partial charge < -0.3 is 15.2 Å². The van der Waals surface area contributed by atoms with Crippen LogP contribution in [0.25, 0.3) is 0 Å². The first kappa shape index (κ1) is 24.9. The zero-order chi connectivity index (χ0) is 22.9. The smallest absolute Gasteiger partial charge is 0.410 e. The number of rotatable bonds is 10. The van der Waals surface area contributed by atoms with Crippen molar-refractivity contribution in [2.45, 2.75) is 65.3 Å². The molecule has 2 N–H and O–H groups in total. The Morgan fingerprint density at radius 2 is 1.52 bits per heavy atom. The molecule has 0 aliphatic carbocycles. The van der Waals surface area contributed by atoms with Crippen LogP contribution in [0.2, 0.25) is 0 Å². The standard InChI is InChI=1S/C26H38N2O3/c1-20(2)17-27-18-24(29)23(16-21-12-8-6-9-13-21)28(25(30)31-26(3,4)5)19-22-14-10-7-11-15-22/h6-15,20,23-24,27,29H,16-19H2,1-5H3/t23-,24+/m0/s1. The SMILES string of the molecule is CC(C)CNC[C@@H](O)[C@H](Cc1ccccc1)N(Cc1ccccc1)C(=O)OC(C)(C)C. The van der Waals surface area contributed by atoms with Gasteiger partial charge in [0.05, 0.1) is 12.1 Å². The van der Waals surface area contributed by atoms with Gasteiger partial charge in [-0.25, -0.2) is 4.79 Å². The van der Waals surface area contributed by atoms with E-state index in [0.717, 1.165) is 17.7 Å². The fourth-order valence-corrected chi connectivity index (χ4v) is 3.38. The monoisotopic (exact) mass is 426 g/mol. The van der Waals surface area contributed by atoms with Crippen molar-refractivity contribution >= 4 is 6.09 Å². The predicted molar refractivity (Wildman–Crippen MR) is 126 cm³/mol. The van der Waals surface area contributed by atoms with Gasteiger partial charge in [-0.05, 0) is 50.8 Å². The second kappa shape index (κ2) is 11.9. The lowest BCUT2D eigenvalue weighted by Gasteiger charge is -2.36. The molecule has 1 amide bonds. The average molecular weight is 427 g/mol. The Bertz CT molecular complexity index is 772. The van der Waals surface area contributed by atoms with E-state index in [-0.39, 0.29) is 0 Å². The van der Waals surface area contributed by atoms with E-state index in [0.29, 0.717) is 25.4 Å². The number of nitrogens with one attached hydrogen (secondary N) is 1. The number of carbonyl (C=O) groups excluding carboxylic acids is 1. The van der Waals surface area contributed by atoms with Crippen LogP contribution in [0.5, 0.6) is 0 Å². The number of nitrogens with zero attached hydrogens (tertiary/aromatic N) is 1. The number of aliphatic hydroxyl groups excluding tert-OH is 1. The summed E-state index contributed by atoms with van der Waals surface area (Å²) in [7, 11) is 0. The Balaban J connectivity index is 2.33. The van der Waals surface area contributed by atoms with E-state index in [1.54, 1.807) is 4.90 Å². The van der Waals surface area contributed by atoms with Crippen LogP contribution in [-0.2, 0) is 17.7 Å². The van der Waals surface area contributed by atoms with Gasteiger partial charge in [-0.1, -0.05) is 74.5 Å². The second-order valence-electron chi connectivity index (χ2n) is 9.47. The minimum Gasteiger partial charge on any atom is -0.444 e. The number of aliphatic hydroxyl groups is 1. The molecule has 0 aliphatic rings. The maximum Gasteiger partial charge on any atom is 0.410 e. The summed E-state index contributed by atoms with van der Waals surface area (Å²) in [6.45, 7) is 11.4. The number of carbonyl (C=O) groups is 1. The van der Waals surface area contributed by atoms with E-state index >= 15 is 0 Å². The third-order valence-corrected chi connectivity index (χ3v) is 4.86. The molecule has 0 saturated heterocycles. The molecule has 0 saturated carbocycles. The maximum atomic E-state index is 13.3. The first-order chi connectivity index (χ1) is 14.7. The van der Waals surface area contributed by atoms with E-state index in [9.17, 15) is 9.90 Å². The van der Waals surface area contributed by atoms with Crippen LogP contribution in [0.15, 0.2) is 60.7 Å². The zero-order valence-electron chi connectivity index (χ0n) is 19.5. The van der Waals surface area contributed by atoms with Crippen molar-refractivity contribution in [3.8, 4) is 0 Å². The van der Waals surface area contributed by atoms with Gasteiger partial charge in [-0.2, -0.15) is 0 Å². The highest BCUT2D eigenvalue weighted by atomic mass is 16.6. The normalized spacial score (nSPS) is 13.6. The number of hydrogen-bond acceptors (Lipinski definition) is 4. The van der Waals surface area contributed by atoms with Crippen LogP contribution in [0.3, 0.4) is 0 Å². The van der Waals surface area contributed by atoms with Gasteiger partial charge in [0.15, 0.2) is 0 Å². The van der Waals surface area contributed by atoms with Crippen molar-refractivity contribution in [2.24, 2.45) is 5.92 Å². The number of benzene rings is 2. The molecule has 5 nitrogen and oxygen atoms in total. The van der Waals surface area contributed by atoms with Gasteiger partial charge in [-0.15, -0.1) is 0 Å². The van der Waals surface area contributed by atoms with Crippen LogP contribution >= 0.6 is 0 Å². The topological polar surface area (TPSA) is 61.8 Å². The zero-order valence-corrected chi connectivity index (χ0v) is 19.5. The molecule has 0 fully saturated rings. The van der Waals surface area contributed by atoms with Gasteiger partial charge in [0.2, 0.25) is 0 Å². The van der Waals surface area contributed by atoms with E-state index in [1.807, 2.05) is 81.4 Å². The highest BCUT2D eigenvalue weighted by molar-refractivity contribution is 5.69. The molecule has 0 heterocycles. The van der Waals surface area contributed by atoms with Gasteiger partial charge in [0.1, 0.15) is 5.60 Å². The first-order valence-corrected chi connectivity index (χ1v) is 11.1. The third-order valence-electron chi connectivity index (χ3n) is 4.86. The summed E-state index contributed by atoms with van der Waals surface area (Å²) in [4.78, 5) is 14.9. The van der Waals surface area contributed by atoms with Crippen LogP contribution in [0.1, 0.15) is 45.7 Å². The summed E-state index contributed by atoms with van der Waals surface area (Å²) in [6.07, 6.45) is -0.618. The van der Waals surface area contributed by atoms with Gasteiger partial charge in [0, 0.05) is 13.1 Å². The van der Waals surface area contributed by atoms with Gasteiger partial charge >= 0.3 is 6.09 Å². The minimum absolute atomic E-state index is 0.370. The summed E-state index contributed by atoms with van der Waals surface area (Å²) in [5.74, 6) is 0.478. The molecule has 5 heteroatoms. The summed E-state index contributed by atoms with van der Waals surface area (Å²) in [6, 6.07) is 19.4. The van der Waals surface area contributed by atoms with Crippen molar-refractivity contribution in [3.63, 3.8) is 0 Å². The summed E-state index contributed by atoms with van der Waals surface area (Å²) < 4.78 is 5.74. The lowest BCUT2D eigenvalue weighted by molar-refractivity contribution is -0.00854. The van der Waals surface area contributed by atoms with Crippen molar-refractivity contribution in [2.75, 3.05) is 13.1 Å². The lowest BCUT2D eigenvalue weighted by Crippen LogP contribution is -2.52. The molecule has 0 aliphatic heterocycles. The average Bonchev–Trinajstić information content (AvgIpc) is 2.70. The molecule has 0 radical (unpaired) electrons.